The van der Waals surface area contributed by atoms with E-state index in [2.05, 4.69) is 74.2 Å². The van der Waals surface area contributed by atoms with Crippen LogP contribution in [0.25, 0.3) is 0 Å². The molecule has 0 N–H and O–H groups in total. The van der Waals surface area contributed by atoms with E-state index < -0.39 is 0 Å². The zero-order valence-corrected chi connectivity index (χ0v) is 15.9. The molecule has 4 heteroatoms. The maximum absolute atomic E-state index is 3.48. The Morgan fingerprint density at radius 1 is 0.864 bits per heavy atom. The summed E-state index contributed by atoms with van der Waals surface area (Å²) >= 11 is 3.48. The fraction of sp³-hybridized carbons (Fsp3) is 0.389. The van der Waals surface area contributed by atoms with Gasteiger partial charge in [0.2, 0.25) is 0 Å². The summed E-state index contributed by atoms with van der Waals surface area (Å²) in [5, 5.41) is 0.922. The zero-order valence-electron chi connectivity index (χ0n) is 12.7. The molecule has 118 valence electrons. The molecule has 0 spiro atoms. The highest BCUT2D eigenvalue weighted by molar-refractivity contribution is 9.08. The van der Waals surface area contributed by atoms with Gasteiger partial charge in [-0.25, -0.2) is 4.57 Å². The lowest BCUT2D eigenvalue weighted by Crippen LogP contribution is -3.00. The third-order valence-electron chi connectivity index (χ3n) is 4.14. The van der Waals surface area contributed by atoms with Crippen molar-refractivity contribution in [1.82, 2.24) is 0 Å². The van der Waals surface area contributed by atoms with Crippen molar-refractivity contribution < 1.29 is 21.5 Å². The van der Waals surface area contributed by atoms with Crippen molar-refractivity contribution in [3.05, 3.63) is 59.9 Å². The molecule has 1 saturated heterocycles. The number of aromatic nitrogens is 1. The minimum atomic E-state index is 0. The number of hydrogen-bond acceptors (Lipinski definition) is 1. The first-order valence-electron chi connectivity index (χ1n) is 7.73. The highest BCUT2D eigenvalue weighted by Crippen LogP contribution is 2.18. The molecule has 0 amide bonds. The van der Waals surface area contributed by atoms with Gasteiger partial charge >= 0.3 is 0 Å². The molecule has 2 heterocycles. The van der Waals surface area contributed by atoms with Crippen LogP contribution in [0.15, 0.2) is 48.8 Å². The number of halogens is 2. The van der Waals surface area contributed by atoms with E-state index in [0.29, 0.717) is 0 Å². The molecule has 0 bridgehead atoms. The predicted octanol–water partition coefficient (Wildman–Crippen LogP) is 0.912. The number of hydrogen-bond donors (Lipinski definition) is 0. The Balaban J connectivity index is 0.00000176. The lowest BCUT2D eigenvalue weighted by molar-refractivity contribution is -0.688. The number of nitrogens with zero attached hydrogens (tertiary/aromatic N) is 2. The van der Waals surface area contributed by atoms with E-state index in [-0.39, 0.29) is 17.0 Å². The molecule has 0 radical (unpaired) electrons. The topological polar surface area (TPSA) is 7.12 Å². The molecule has 0 saturated carbocycles. The minimum absolute atomic E-state index is 0. The van der Waals surface area contributed by atoms with E-state index in [4.69, 9.17) is 0 Å². The summed E-state index contributed by atoms with van der Waals surface area (Å²) in [6.45, 7) is 3.35. The molecule has 1 aromatic heterocycles. The average molecular weight is 426 g/mol. The van der Waals surface area contributed by atoms with Crippen LogP contribution in [0.5, 0.6) is 0 Å². The summed E-state index contributed by atoms with van der Waals surface area (Å²) in [7, 11) is 0. The van der Waals surface area contributed by atoms with Gasteiger partial charge in [-0.3, -0.25) is 0 Å². The summed E-state index contributed by atoms with van der Waals surface area (Å²) in [6, 6.07) is 13.3. The molecule has 0 aliphatic carbocycles. The van der Waals surface area contributed by atoms with Crippen molar-refractivity contribution in [1.29, 1.82) is 0 Å². The van der Waals surface area contributed by atoms with Gasteiger partial charge < -0.3 is 21.9 Å². The van der Waals surface area contributed by atoms with Crippen molar-refractivity contribution in [3.8, 4) is 0 Å². The summed E-state index contributed by atoms with van der Waals surface area (Å²) in [6.07, 6.45) is 8.43. The van der Waals surface area contributed by atoms with E-state index in [9.17, 15) is 0 Å². The highest BCUT2D eigenvalue weighted by Gasteiger charge is 2.12. The first kappa shape index (κ1) is 17.5. The Morgan fingerprint density at radius 3 is 2.05 bits per heavy atom. The first-order valence-corrected chi connectivity index (χ1v) is 8.85. The van der Waals surface area contributed by atoms with Gasteiger partial charge in [0.15, 0.2) is 18.9 Å². The van der Waals surface area contributed by atoms with Crippen molar-refractivity contribution >= 4 is 21.6 Å². The van der Waals surface area contributed by atoms with Crippen LogP contribution in [-0.2, 0) is 11.9 Å². The van der Waals surface area contributed by atoms with Gasteiger partial charge in [-0.2, -0.15) is 0 Å². The molecule has 1 aliphatic rings. The quantitative estimate of drug-likeness (QED) is 0.521. The van der Waals surface area contributed by atoms with Gasteiger partial charge in [0, 0.05) is 41.8 Å². The van der Waals surface area contributed by atoms with Crippen LogP contribution in [0.1, 0.15) is 30.4 Å². The molecule has 0 unspecified atom stereocenters. The van der Waals surface area contributed by atoms with Crippen LogP contribution >= 0.6 is 15.9 Å². The third-order valence-corrected chi connectivity index (χ3v) is 4.78. The first-order chi connectivity index (χ1) is 10.3. The van der Waals surface area contributed by atoms with E-state index in [0.717, 1.165) is 11.9 Å². The number of piperidine rings is 1. The Kier molecular flexibility index (Phi) is 6.90. The molecule has 3 rings (SSSR count). The van der Waals surface area contributed by atoms with Crippen LogP contribution in [0.4, 0.5) is 5.69 Å². The van der Waals surface area contributed by atoms with Crippen LogP contribution in [0.3, 0.4) is 0 Å². The average Bonchev–Trinajstić information content (AvgIpc) is 2.57. The smallest absolute Gasteiger partial charge is 0.173 e. The molecular weight excluding hydrogens is 404 g/mol. The van der Waals surface area contributed by atoms with E-state index in [1.165, 1.54) is 49.2 Å². The Morgan fingerprint density at radius 2 is 1.45 bits per heavy atom. The van der Waals surface area contributed by atoms with Crippen LogP contribution in [-0.4, -0.2) is 13.1 Å². The molecule has 22 heavy (non-hydrogen) atoms. The lowest BCUT2D eigenvalue weighted by Gasteiger charge is -2.28. The van der Waals surface area contributed by atoms with Crippen molar-refractivity contribution in [2.24, 2.45) is 0 Å². The van der Waals surface area contributed by atoms with Crippen LogP contribution in [0.2, 0.25) is 0 Å². The molecule has 2 aromatic rings. The molecule has 1 aliphatic heterocycles. The summed E-state index contributed by atoms with van der Waals surface area (Å²) in [5.74, 6) is 0. The Hall–Kier alpha value is -0.870. The van der Waals surface area contributed by atoms with Gasteiger partial charge in [-0.15, -0.1) is 0 Å². The van der Waals surface area contributed by atoms with Gasteiger partial charge in [-0.1, -0.05) is 40.2 Å². The second-order valence-electron chi connectivity index (χ2n) is 5.73. The van der Waals surface area contributed by atoms with Crippen LogP contribution in [0, 0.1) is 0 Å². The minimum Gasteiger partial charge on any atom is -1.00 e. The van der Waals surface area contributed by atoms with Crippen molar-refractivity contribution in [2.45, 2.75) is 31.1 Å². The number of anilines is 1. The molecule has 1 aromatic carbocycles. The van der Waals surface area contributed by atoms with Crippen molar-refractivity contribution in [3.63, 3.8) is 0 Å². The van der Waals surface area contributed by atoms with Gasteiger partial charge in [0.05, 0.1) is 0 Å². The number of benzene rings is 1. The summed E-state index contributed by atoms with van der Waals surface area (Å²) < 4.78 is 2.25. The standard InChI is InChI=1S/C18H22BrN2.BrH/c19-14-16-4-6-17(7-5-16)15-20-12-8-18(9-13-20)21-10-2-1-3-11-21;/h4-9,12-13H,1-3,10-11,14-15H2;1H/q+1;/p-1. The maximum atomic E-state index is 3.48. The van der Waals surface area contributed by atoms with E-state index in [1.54, 1.807) is 0 Å². The maximum Gasteiger partial charge on any atom is 0.173 e. The zero-order chi connectivity index (χ0) is 14.5. The largest absolute Gasteiger partial charge is 1.00 e. The summed E-state index contributed by atoms with van der Waals surface area (Å²) in [5.41, 5.74) is 4.03. The number of rotatable bonds is 4. The normalized spacial score (nSPS) is 14.5. The predicted molar refractivity (Wildman–Crippen MR) is 90.9 cm³/mol. The van der Waals surface area contributed by atoms with Gasteiger partial charge in [0.25, 0.3) is 0 Å². The highest BCUT2D eigenvalue weighted by atomic mass is 79.9. The summed E-state index contributed by atoms with van der Waals surface area (Å²) in [4.78, 5) is 2.50. The van der Waals surface area contributed by atoms with Gasteiger partial charge in [-0.05, 0) is 24.8 Å². The second kappa shape index (κ2) is 8.68. The van der Waals surface area contributed by atoms with Crippen LogP contribution < -0.4 is 26.4 Å². The van der Waals surface area contributed by atoms with E-state index in [1.807, 2.05) is 0 Å². The molecule has 2 nitrogen and oxygen atoms in total. The lowest BCUT2D eigenvalue weighted by atomic mass is 10.1. The number of alkyl halides is 1. The number of pyridine rings is 1. The Labute approximate surface area is 152 Å². The van der Waals surface area contributed by atoms with Gasteiger partial charge in [0.1, 0.15) is 0 Å². The fourth-order valence-electron chi connectivity index (χ4n) is 2.86. The second-order valence-corrected chi connectivity index (χ2v) is 6.29. The Bertz CT molecular complexity index is 561. The van der Waals surface area contributed by atoms with Crippen molar-refractivity contribution in [2.75, 3.05) is 18.0 Å². The fourth-order valence-corrected chi connectivity index (χ4v) is 3.24. The molecule has 1 fully saturated rings. The molecular formula is C18H22Br2N2. The SMILES string of the molecule is BrCc1ccc(C[n+]2ccc(N3CCCCC3)cc2)cc1.[Br-]. The third kappa shape index (κ3) is 4.56. The molecule has 0 atom stereocenters. The monoisotopic (exact) mass is 424 g/mol. The van der Waals surface area contributed by atoms with E-state index >= 15 is 0 Å².